The fraction of sp³-hybridized carbons (Fsp3) is 0.333. The molecule has 0 bridgehead atoms. The Hall–Kier alpha value is -1.92. The molecule has 1 aliphatic rings. The molecule has 164 valence electrons. The molecule has 3 aromatic rings. The van der Waals surface area contributed by atoms with Crippen LogP contribution < -0.4 is 10.5 Å². The largest absolute Gasteiger partial charge is 0.482 e. The van der Waals surface area contributed by atoms with Crippen LogP contribution in [0.5, 0.6) is 5.75 Å². The Morgan fingerprint density at radius 3 is 2.71 bits per heavy atom. The van der Waals surface area contributed by atoms with Crippen molar-refractivity contribution >= 4 is 38.4 Å². The number of pyridine rings is 1. The van der Waals surface area contributed by atoms with E-state index >= 15 is 0 Å². The van der Waals surface area contributed by atoms with E-state index < -0.39 is 11.9 Å². The average Bonchev–Trinajstić information content (AvgIpc) is 3.23. The summed E-state index contributed by atoms with van der Waals surface area (Å²) in [4.78, 5) is 4.26. The van der Waals surface area contributed by atoms with Gasteiger partial charge in [0.2, 0.25) is 0 Å². The van der Waals surface area contributed by atoms with E-state index in [9.17, 15) is 4.39 Å². The van der Waals surface area contributed by atoms with Gasteiger partial charge < -0.3 is 10.5 Å². The van der Waals surface area contributed by atoms with Crippen LogP contribution in [-0.2, 0) is 0 Å². The number of hydrogen-bond donors (Lipinski definition) is 1. The van der Waals surface area contributed by atoms with Gasteiger partial charge in [0.05, 0.1) is 17.3 Å². The third-order valence-electron chi connectivity index (χ3n) is 5.48. The number of rotatable bonds is 5. The highest BCUT2D eigenvalue weighted by Crippen LogP contribution is 2.37. The summed E-state index contributed by atoms with van der Waals surface area (Å²) >= 11 is 12.3. The third kappa shape index (κ3) is 4.80. The van der Waals surface area contributed by atoms with Crippen molar-refractivity contribution in [3.63, 3.8) is 0 Å². The second-order valence-electron chi connectivity index (χ2n) is 7.60. The number of hydrogen-bond acceptors (Lipinski definition) is 5. The Morgan fingerprint density at radius 1 is 1.23 bits per heavy atom. The van der Waals surface area contributed by atoms with Gasteiger partial charge in [-0.05, 0) is 38.0 Å². The molecular formula is C21H23Cl2FN5OP. The van der Waals surface area contributed by atoms with Crippen molar-refractivity contribution in [3.8, 4) is 16.9 Å². The van der Waals surface area contributed by atoms with Crippen molar-refractivity contribution in [2.75, 3.05) is 18.8 Å². The molecule has 3 heterocycles. The molecule has 1 saturated heterocycles. The van der Waals surface area contributed by atoms with Gasteiger partial charge in [0.15, 0.2) is 11.6 Å². The summed E-state index contributed by atoms with van der Waals surface area (Å²) in [7, 11) is 2.75. The summed E-state index contributed by atoms with van der Waals surface area (Å²) in [6, 6.07) is 4.84. The quantitative estimate of drug-likeness (QED) is 0.382. The molecule has 4 rings (SSSR count). The standard InChI is InChI=1S/C21H23Cl2FN5OP/c1-12(19-16(22)2-3-17(24)20(19)23)30-18-8-13(9-26-21(18)25)14-10-27-29(11-14)15-4-6-28(31)7-5-15/h2-3,8-12,15H,4-7,31H2,1H3,(H2,25,26)/t12-/m1/s1. The van der Waals surface area contributed by atoms with Gasteiger partial charge in [0, 0.05) is 47.2 Å². The van der Waals surface area contributed by atoms with Crippen LogP contribution in [0, 0.1) is 5.82 Å². The molecule has 10 heteroatoms. The SMILES string of the molecule is C[C@@H](Oc1cc(-c2cnn(C3CCN(P)CC3)c2)cnc1N)c1c(Cl)ccc(F)c1Cl. The van der Waals surface area contributed by atoms with E-state index in [1.807, 2.05) is 17.1 Å². The second-order valence-corrected chi connectivity index (χ2v) is 9.12. The second kappa shape index (κ2) is 9.29. The Balaban J connectivity index is 1.56. The fourth-order valence-electron chi connectivity index (χ4n) is 3.71. The van der Waals surface area contributed by atoms with Crippen LogP contribution >= 0.6 is 32.6 Å². The molecule has 1 fully saturated rings. The zero-order valence-electron chi connectivity index (χ0n) is 16.9. The maximum absolute atomic E-state index is 13.9. The minimum absolute atomic E-state index is 0.0690. The van der Waals surface area contributed by atoms with Gasteiger partial charge in [-0.3, -0.25) is 9.35 Å². The van der Waals surface area contributed by atoms with Gasteiger partial charge in [-0.1, -0.05) is 32.6 Å². The number of benzene rings is 1. The summed E-state index contributed by atoms with van der Waals surface area (Å²) in [5, 5.41) is 4.80. The highest BCUT2D eigenvalue weighted by atomic mass is 35.5. The van der Waals surface area contributed by atoms with Crippen molar-refractivity contribution < 1.29 is 9.13 Å². The van der Waals surface area contributed by atoms with E-state index in [1.165, 1.54) is 12.1 Å². The van der Waals surface area contributed by atoms with Crippen LogP contribution in [0.3, 0.4) is 0 Å². The molecule has 0 amide bonds. The Labute approximate surface area is 192 Å². The maximum Gasteiger partial charge on any atom is 0.166 e. The summed E-state index contributed by atoms with van der Waals surface area (Å²) in [6.07, 6.45) is 6.98. The topological polar surface area (TPSA) is 69.2 Å². The molecule has 31 heavy (non-hydrogen) atoms. The lowest BCUT2D eigenvalue weighted by atomic mass is 10.1. The number of piperidine rings is 1. The summed E-state index contributed by atoms with van der Waals surface area (Å²) in [5.41, 5.74) is 8.13. The van der Waals surface area contributed by atoms with Gasteiger partial charge in [0.25, 0.3) is 0 Å². The predicted octanol–water partition coefficient (Wildman–Crippen LogP) is 5.54. The molecular weight excluding hydrogens is 459 g/mol. The van der Waals surface area contributed by atoms with Crippen molar-refractivity contribution in [1.29, 1.82) is 0 Å². The van der Waals surface area contributed by atoms with Crippen molar-refractivity contribution in [1.82, 2.24) is 19.4 Å². The van der Waals surface area contributed by atoms with Crippen LogP contribution in [0.1, 0.15) is 37.5 Å². The van der Waals surface area contributed by atoms with E-state index in [-0.39, 0.29) is 10.8 Å². The maximum atomic E-state index is 13.9. The summed E-state index contributed by atoms with van der Waals surface area (Å²) in [6.45, 7) is 3.78. The van der Waals surface area contributed by atoms with E-state index in [0.29, 0.717) is 22.4 Å². The lowest BCUT2D eigenvalue weighted by Crippen LogP contribution is -2.27. The molecule has 1 unspecified atom stereocenters. The molecule has 1 aliphatic heterocycles. The van der Waals surface area contributed by atoms with Crippen LogP contribution in [-0.4, -0.2) is 32.5 Å². The molecule has 2 N–H and O–H groups in total. The van der Waals surface area contributed by atoms with E-state index in [2.05, 4.69) is 24.1 Å². The number of nitrogens with two attached hydrogens (primary N) is 1. The molecule has 2 atom stereocenters. The van der Waals surface area contributed by atoms with Crippen LogP contribution in [0.2, 0.25) is 10.0 Å². The Kier molecular flexibility index (Phi) is 6.68. The molecule has 0 saturated carbocycles. The lowest BCUT2D eigenvalue weighted by molar-refractivity contribution is 0.227. The van der Waals surface area contributed by atoms with E-state index in [1.54, 1.807) is 19.2 Å². The minimum atomic E-state index is -0.630. The zero-order valence-corrected chi connectivity index (χ0v) is 19.6. The fourth-order valence-corrected chi connectivity index (χ4v) is 4.69. The van der Waals surface area contributed by atoms with Crippen molar-refractivity contribution in [2.24, 2.45) is 0 Å². The molecule has 0 radical (unpaired) electrons. The Morgan fingerprint density at radius 2 is 1.97 bits per heavy atom. The summed E-state index contributed by atoms with van der Waals surface area (Å²) in [5.74, 6) is 0.0289. The molecule has 1 aromatic carbocycles. The number of nitrogen functional groups attached to an aromatic ring is 1. The number of anilines is 1. The first-order valence-electron chi connectivity index (χ1n) is 9.93. The predicted molar refractivity (Wildman–Crippen MR) is 125 cm³/mol. The first kappa shape index (κ1) is 22.3. The Bertz CT molecular complexity index is 1090. The van der Waals surface area contributed by atoms with E-state index in [0.717, 1.165) is 37.1 Å². The van der Waals surface area contributed by atoms with Gasteiger partial charge in [-0.2, -0.15) is 5.10 Å². The summed E-state index contributed by atoms with van der Waals surface area (Å²) < 4.78 is 24.1. The first-order valence-corrected chi connectivity index (χ1v) is 11.2. The monoisotopic (exact) mass is 481 g/mol. The van der Waals surface area contributed by atoms with Gasteiger partial charge in [-0.25, -0.2) is 9.37 Å². The van der Waals surface area contributed by atoms with Gasteiger partial charge in [0.1, 0.15) is 11.9 Å². The van der Waals surface area contributed by atoms with Gasteiger partial charge in [-0.15, -0.1) is 0 Å². The smallest absolute Gasteiger partial charge is 0.166 e. The minimum Gasteiger partial charge on any atom is -0.482 e. The molecule has 6 nitrogen and oxygen atoms in total. The number of aromatic nitrogens is 3. The highest BCUT2D eigenvalue weighted by Gasteiger charge is 2.21. The zero-order chi connectivity index (χ0) is 22.1. The number of ether oxygens (including phenoxy) is 1. The van der Waals surface area contributed by atoms with Crippen LogP contribution in [0.25, 0.3) is 11.1 Å². The van der Waals surface area contributed by atoms with E-state index in [4.69, 9.17) is 33.7 Å². The first-order chi connectivity index (χ1) is 14.8. The van der Waals surface area contributed by atoms with Crippen molar-refractivity contribution in [2.45, 2.75) is 31.9 Å². The average molecular weight is 482 g/mol. The number of nitrogens with zero attached hydrogens (tertiary/aromatic N) is 4. The van der Waals surface area contributed by atoms with Crippen LogP contribution in [0.15, 0.2) is 36.8 Å². The molecule has 2 aromatic heterocycles. The molecule has 0 spiro atoms. The van der Waals surface area contributed by atoms with Crippen molar-refractivity contribution in [3.05, 3.63) is 58.2 Å². The molecule has 0 aliphatic carbocycles. The number of halogens is 3. The van der Waals surface area contributed by atoms with Gasteiger partial charge >= 0.3 is 0 Å². The lowest BCUT2D eigenvalue weighted by Gasteiger charge is -2.28. The third-order valence-corrected chi connectivity index (χ3v) is 6.71. The van der Waals surface area contributed by atoms with Crippen LogP contribution in [0.4, 0.5) is 10.2 Å². The normalized spacial score (nSPS) is 16.4. The highest BCUT2D eigenvalue weighted by molar-refractivity contribution is 7.13.